The van der Waals surface area contributed by atoms with Crippen molar-refractivity contribution in [1.82, 2.24) is 0 Å². The molecule has 2 N–H and O–H groups in total. The van der Waals surface area contributed by atoms with Crippen LogP contribution < -0.4 is 5.73 Å². The SMILES string of the molecule is CC(C)(CN)CCC(=O)CCCC(=O)CCC(C)(C)CN=O. The Morgan fingerprint density at radius 1 is 0.864 bits per heavy atom. The number of nitroso groups, excluding NO2 is 1. The first-order valence-electron chi connectivity index (χ1n) is 8.14. The Labute approximate surface area is 134 Å². The minimum absolute atomic E-state index is 0.00365. The molecule has 0 aliphatic carbocycles. The van der Waals surface area contributed by atoms with Crippen molar-refractivity contribution in [2.24, 2.45) is 21.7 Å². The van der Waals surface area contributed by atoms with E-state index in [0.29, 0.717) is 45.1 Å². The molecule has 0 atom stereocenters. The highest BCUT2D eigenvalue weighted by Crippen LogP contribution is 2.24. The predicted molar refractivity (Wildman–Crippen MR) is 89.6 cm³/mol. The number of carbonyl (C=O) groups is 2. The summed E-state index contributed by atoms with van der Waals surface area (Å²) in [7, 11) is 0. The molecule has 22 heavy (non-hydrogen) atoms. The van der Waals surface area contributed by atoms with Crippen LogP contribution in [0.1, 0.15) is 72.6 Å². The summed E-state index contributed by atoms with van der Waals surface area (Å²) in [6, 6.07) is 0. The van der Waals surface area contributed by atoms with E-state index in [1.807, 2.05) is 13.8 Å². The van der Waals surface area contributed by atoms with Gasteiger partial charge in [-0.05, 0) is 36.6 Å². The summed E-state index contributed by atoms with van der Waals surface area (Å²) in [6.07, 6.45) is 3.97. The predicted octanol–water partition coefficient (Wildman–Crippen LogP) is 3.63. The van der Waals surface area contributed by atoms with Gasteiger partial charge in [0.2, 0.25) is 0 Å². The van der Waals surface area contributed by atoms with Crippen LogP contribution in [0.5, 0.6) is 0 Å². The highest BCUT2D eigenvalue weighted by molar-refractivity contribution is 5.81. The van der Waals surface area contributed by atoms with E-state index in [0.717, 1.165) is 6.42 Å². The Kier molecular flexibility index (Phi) is 9.33. The van der Waals surface area contributed by atoms with Crippen LogP contribution in [0.15, 0.2) is 5.18 Å². The van der Waals surface area contributed by atoms with Crippen molar-refractivity contribution in [3.63, 3.8) is 0 Å². The second kappa shape index (κ2) is 9.82. The molecule has 0 aromatic carbocycles. The first-order valence-corrected chi connectivity index (χ1v) is 8.14. The van der Waals surface area contributed by atoms with Crippen LogP contribution in [-0.4, -0.2) is 24.7 Å². The Bertz CT molecular complexity index is 376. The van der Waals surface area contributed by atoms with Crippen LogP contribution in [0, 0.1) is 15.7 Å². The maximum atomic E-state index is 11.8. The van der Waals surface area contributed by atoms with E-state index in [2.05, 4.69) is 19.0 Å². The van der Waals surface area contributed by atoms with Crippen molar-refractivity contribution in [3.8, 4) is 0 Å². The van der Waals surface area contributed by atoms with Crippen molar-refractivity contribution >= 4 is 11.6 Å². The third-order valence-corrected chi connectivity index (χ3v) is 4.12. The smallest absolute Gasteiger partial charge is 0.132 e. The lowest BCUT2D eigenvalue weighted by atomic mass is 9.86. The summed E-state index contributed by atoms with van der Waals surface area (Å²) in [5.74, 6) is 0.369. The standard InChI is InChI=1S/C17H32N2O3/c1-16(2,12-18)10-8-14(20)6-5-7-15(21)9-11-17(3,4)13-19-22/h5-13,18H2,1-4H3. The number of nitrogens with zero attached hydrogens (tertiary/aromatic N) is 1. The van der Waals surface area contributed by atoms with Crippen molar-refractivity contribution in [2.75, 3.05) is 13.1 Å². The average molecular weight is 312 g/mol. The van der Waals surface area contributed by atoms with Crippen LogP contribution in [0.2, 0.25) is 0 Å². The minimum atomic E-state index is -0.221. The monoisotopic (exact) mass is 312 g/mol. The molecule has 0 rings (SSSR count). The van der Waals surface area contributed by atoms with Crippen LogP contribution in [0.3, 0.4) is 0 Å². The molecule has 0 unspecified atom stereocenters. The molecule has 0 aliphatic heterocycles. The van der Waals surface area contributed by atoms with E-state index in [4.69, 9.17) is 5.73 Å². The number of hydrogen-bond donors (Lipinski definition) is 1. The molecule has 5 nitrogen and oxygen atoms in total. The zero-order valence-electron chi connectivity index (χ0n) is 14.6. The lowest BCUT2D eigenvalue weighted by Crippen LogP contribution is -2.24. The van der Waals surface area contributed by atoms with Gasteiger partial charge in [-0.3, -0.25) is 9.59 Å². The van der Waals surface area contributed by atoms with Gasteiger partial charge in [-0.2, -0.15) is 4.91 Å². The molecular formula is C17H32N2O3. The van der Waals surface area contributed by atoms with Crippen molar-refractivity contribution < 1.29 is 9.59 Å². The summed E-state index contributed by atoms with van der Waals surface area (Å²) in [4.78, 5) is 33.9. The number of Topliss-reactive ketones (excluding diaryl/α,β-unsaturated/α-hetero) is 2. The fraction of sp³-hybridized carbons (Fsp3) is 0.882. The van der Waals surface area contributed by atoms with Crippen molar-refractivity contribution in [2.45, 2.75) is 72.6 Å². The molecule has 0 aliphatic rings. The van der Waals surface area contributed by atoms with Crippen LogP contribution in [0.4, 0.5) is 0 Å². The third kappa shape index (κ3) is 10.6. The van der Waals surface area contributed by atoms with Gasteiger partial charge in [0.05, 0.1) is 6.54 Å². The fourth-order valence-electron chi connectivity index (χ4n) is 2.04. The number of rotatable bonds is 13. The molecule has 0 bridgehead atoms. The molecule has 0 amide bonds. The maximum Gasteiger partial charge on any atom is 0.132 e. The Morgan fingerprint density at radius 3 is 1.73 bits per heavy atom. The van der Waals surface area contributed by atoms with Gasteiger partial charge in [-0.15, -0.1) is 0 Å². The zero-order chi connectivity index (χ0) is 17.2. The first-order chi connectivity index (χ1) is 10.1. The molecule has 128 valence electrons. The first kappa shape index (κ1) is 20.9. The number of carbonyl (C=O) groups excluding carboxylic acids is 2. The number of nitrogens with two attached hydrogens (primary N) is 1. The van der Waals surface area contributed by atoms with E-state index >= 15 is 0 Å². The Balaban J connectivity index is 3.84. The summed E-state index contributed by atoms with van der Waals surface area (Å²) in [5.41, 5.74) is 5.42. The van der Waals surface area contributed by atoms with E-state index in [1.165, 1.54) is 0 Å². The molecule has 0 spiro atoms. The summed E-state index contributed by atoms with van der Waals surface area (Å²) in [5, 5.41) is 2.90. The van der Waals surface area contributed by atoms with E-state index < -0.39 is 0 Å². The summed E-state index contributed by atoms with van der Waals surface area (Å²) in [6.45, 7) is 8.79. The van der Waals surface area contributed by atoms with Gasteiger partial charge in [0, 0.05) is 25.7 Å². The molecule has 0 saturated heterocycles. The second-order valence-electron chi connectivity index (χ2n) is 7.75. The fourth-order valence-corrected chi connectivity index (χ4v) is 2.04. The van der Waals surface area contributed by atoms with Gasteiger partial charge in [-0.25, -0.2) is 0 Å². The normalized spacial score (nSPS) is 12.2. The molecule has 5 heteroatoms. The van der Waals surface area contributed by atoms with E-state index in [-0.39, 0.29) is 28.9 Å². The van der Waals surface area contributed by atoms with Gasteiger partial charge >= 0.3 is 0 Å². The van der Waals surface area contributed by atoms with Gasteiger partial charge in [0.15, 0.2) is 0 Å². The van der Waals surface area contributed by atoms with Gasteiger partial charge in [-0.1, -0.05) is 32.9 Å². The quantitative estimate of drug-likeness (QED) is 0.526. The molecular weight excluding hydrogens is 280 g/mol. The summed E-state index contributed by atoms with van der Waals surface area (Å²) < 4.78 is 0. The van der Waals surface area contributed by atoms with Crippen molar-refractivity contribution in [3.05, 3.63) is 4.91 Å². The molecule has 0 heterocycles. The largest absolute Gasteiger partial charge is 0.330 e. The number of ketones is 2. The maximum absolute atomic E-state index is 11.8. The van der Waals surface area contributed by atoms with Gasteiger partial charge in [0.25, 0.3) is 0 Å². The topological polar surface area (TPSA) is 89.6 Å². The van der Waals surface area contributed by atoms with Gasteiger partial charge < -0.3 is 5.73 Å². The van der Waals surface area contributed by atoms with Crippen LogP contribution in [-0.2, 0) is 9.59 Å². The molecule has 0 fully saturated rings. The van der Waals surface area contributed by atoms with Crippen molar-refractivity contribution in [1.29, 1.82) is 0 Å². The summed E-state index contributed by atoms with van der Waals surface area (Å²) >= 11 is 0. The second-order valence-corrected chi connectivity index (χ2v) is 7.75. The Morgan fingerprint density at radius 2 is 1.32 bits per heavy atom. The Hall–Kier alpha value is -1.10. The highest BCUT2D eigenvalue weighted by Gasteiger charge is 2.20. The van der Waals surface area contributed by atoms with Gasteiger partial charge in [0.1, 0.15) is 11.6 Å². The molecule has 0 radical (unpaired) electrons. The minimum Gasteiger partial charge on any atom is -0.330 e. The lowest BCUT2D eigenvalue weighted by molar-refractivity contribution is -0.120. The van der Waals surface area contributed by atoms with Crippen LogP contribution >= 0.6 is 0 Å². The van der Waals surface area contributed by atoms with E-state index in [1.54, 1.807) is 0 Å². The third-order valence-electron chi connectivity index (χ3n) is 4.12. The lowest BCUT2D eigenvalue weighted by Gasteiger charge is -2.21. The number of hydrogen-bond acceptors (Lipinski definition) is 5. The average Bonchev–Trinajstić information content (AvgIpc) is 2.43. The van der Waals surface area contributed by atoms with Crippen LogP contribution in [0.25, 0.3) is 0 Å². The molecule has 0 saturated carbocycles. The molecule has 0 aromatic rings. The van der Waals surface area contributed by atoms with E-state index in [9.17, 15) is 14.5 Å². The highest BCUT2D eigenvalue weighted by atomic mass is 16.3. The zero-order valence-corrected chi connectivity index (χ0v) is 14.6. The molecule has 0 aromatic heterocycles.